The van der Waals surface area contributed by atoms with Gasteiger partial charge in [0.1, 0.15) is 0 Å². The predicted octanol–water partition coefficient (Wildman–Crippen LogP) is 3.45. The fourth-order valence-electron chi connectivity index (χ4n) is 2.48. The van der Waals surface area contributed by atoms with Crippen LogP contribution in [0.4, 0.5) is 0 Å². The molecule has 1 aromatic rings. The Hall–Kier alpha value is -0.570. The Morgan fingerprint density at radius 2 is 1.94 bits per heavy atom. The van der Waals surface area contributed by atoms with E-state index in [1.54, 1.807) is 0 Å². The van der Waals surface area contributed by atoms with E-state index in [-0.39, 0.29) is 6.10 Å². The van der Waals surface area contributed by atoms with Crippen molar-refractivity contribution >= 4 is 11.6 Å². The fraction of sp³-hybridized carbons (Fsp3) is 0.600. The second kappa shape index (κ2) is 5.60. The third-order valence-corrected chi connectivity index (χ3v) is 3.85. The van der Waals surface area contributed by atoms with Crippen molar-refractivity contribution in [3.05, 3.63) is 34.9 Å². The lowest BCUT2D eigenvalue weighted by Crippen LogP contribution is -2.42. The van der Waals surface area contributed by atoms with E-state index in [1.165, 1.54) is 5.56 Å². The molecule has 2 nitrogen and oxygen atoms in total. The van der Waals surface area contributed by atoms with Crippen molar-refractivity contribution in [2.24, 2.45) is 5.92 Å². The van der Waals surface area contributed by atoms with Crippen molar-refractivity contribution in [2.45, 2.75) is 44.8 Å². The van der Waals surface area contributed by atoms with Crippen molar-refractivity contribution < 1.29 is 9.84 Å². The minimum absolute atomic E-state index is 0.0287. The molecule has 1 fully saturated rings. The number of hydrogen-bond donors (Lipinski definition) is 1. The van der Waals surface area contributed by atoms with Crippen molar-refractivity contribution in [3.8, 4) is 0 Å². The van der Waals surface area contributed by atoms with Crippen molar-refractivity contribution in [1.29, 1.82) is 0 Å². The molecule has 0 radical (unpaired) electrons. The standard InChI is InChI=1S/C15H21ClO2/c1-15(2,17)14-8-5-12(10-18-14)9-11-3-6-13(16)7-4-11/h3-4,6-7,12,14,17H,5,8-10H2,1-2H3/t12-,14+/m0/s1. The fourth-order valence-corrected chi connectivity index (χ4v) is 2.60. The van der Waals surface area contributed by atoms with E-state index in [4.69, 9.17) is 16.3 Å². The van der Waals surface area contributed by atoms with Gasteiger partial charge in [-0.3, -0.25) is 0 Å². The third kappa shape index (κ3) is 3.71. The Morgan fingerprint density at radius 3 is 2.44 bits per heavy atom. The molecule has 0 spiro atoms. The average molecular weight is 269 g/mol. The van der Waals surface area contributed by atoms with Crippen LogP contribution in [0.15, 0.2) is 24.3 Å². The van der Waals surface area contributed by atoms with Gasteiger partial charge in [0.05, 0.1) is 18.3 Å². The van der Waals surface area contributed by atoms with Crippen LogP contribution >= 0.6 is 11.6 Å². The predicted molar refractivity (Wildman–Crippen MR) is 73.9 cm³/mol. The van der Waals surface area contributed by atoms with E-state index in [1.807, 2.05) is 26.0 Å². The van der Waals surface area contributed by atoms with Crippen LogP contribution in [0.2, 0.25) is 5.02 Å². The molecule has 1 aromatic carbocycles. The monoisotopic (exact) mass is 268 g/mol. The number of rotatable bonds is 3. The summed E-state index contributed by atoms with van der Waals surface area (Å²) >= 11 is 5.87. The lowest BCUT2D eigenvalue weighted by Gasteiger charge is -2.36. The molecule has 0 bridgehead atoms. The number of aliphatic hydroxyl groups is 1. The zero-order valence-corrected chi connectivity index (χ0v) is 11.8. The molecular formula is C15H21ClO2. The van der Waals surface area contributed by atoms with E-state index >= 15 is 0 Å². The Labute approximate surface area is 114 Å². The quantitative estimate of drug-likeness (QED) is 0.910. The maximum Gasteiger partial charge on any atom is 0.0856 e. The summed E-state index contributed by atoms with van der Waals surface area (Å²) in [7, 11) is 0. The van der Waals surface area contributed by atoms with E-state index in [0.717, 1.165) is 30.9 Å². The van der Waals surface area contributed by atoms with Crippen molar-refractivity contribution in [2.75, 3.05) is 6.61 Å². The number of ether oxygens (including phenoxy) is 1. The highest BCUT2D eigenvalue weighted by molar-refractivity contribution is 6.30. The molecular weight excluding hydrogens is 248 g/mol. The zero-order chi connectivity index (χ0) is 13.2. The minimum Gasteiger partial charge on any atom is -0.388 e. The van der Waals surface area contributed by atoms with Gasteiger partial charge in [0.25, 0.3) is 0 Å². The van der Waals surface area contributed by atoms with Crippen LogP contribution in [0, 0.1) is 5.92 Å². The molecule has 18 heavy (non-hydrogen) atoms. The highest BCUT2D eigenvalue weighted by Gasteiger charge is 2.32. The van der Waals surface area contributed by atoms with Gasteiger partial charge in [0.15, 0.2) is 0 Å². The Balaban J connectivity index is 1.85. The summed E-state index contributed by atoms with van der Waals surface area (Å²) in [4.78, 5) is 0. The molecule has 0 aliphatic carbocycles. The molecule has 1 aliphatic heterocycles. The largest absolute Gasteiger partial charge is 0.388 e. The van der Waals surface area contributed by atoms with Gasteiger partial charge in [-0.1, -0.05) is 23.7 Å². The van der Waals surface area contributed by atoms with Crippen LogP contribution in [0.3, 0.4) is 0 Å². The Morgan fingerprint density at radius 1 is 1.28 bits per heavy atom. The van der Waals surface area contributed by atoms with Crippen LogP contribution in [-0.4, -0.2) is 23.4 Å². The van der Waals surface area contributed by atoms with Crippen LogP contribution in [0.1, 0.15) is 32.3 Å². The summed E-state index contributed by atoms with van der Waals surface area (Å²) in [5.74, 6) is 0.546. The Kier molecular flexibility index (Phi) is 4.31. The van der Waals surface area contributed by atoms with E-state index in [0.29, 0.717) is 5.92 Å². The van der Waals surface area contributed by atoms with Gasteiger partial charge in [-0.15, -0.1) is 0 Å². The molecule has 1 saturated heterocycles. The molecule has 0 amide bonds. The molecule has 2 rings (SSSR count). The summed E-state index contributed by atoms with van der Waals surface area (Å²) in [6.07, 6.45) is 3.04. The lowest BCUT2D eigenvalue weighted by atomic mass is 9.87. The number of halogens is 1. The van der Waals surface area contributed by atoms with E-state index in [2.05, 4.69) is 12.1 Å². The Bertz CT molecular complexity index is 372. The van der Waals surface area contributed by atoms with Crippen LogP contribution in [-0.2, 0) is 11.2 Å². The van der Waals surface area contributed by atoms with E-state index in [9.17, 15) is 5.11 Å². The van der Waals surface area contributed by atoms with E-state index < -0.39 is 5.60 Å². The first-order valence-electron chi connectivity index (χ1n) is 6.53. The molecule has 0 unspecified atom stereocenters. The zero-order valence-electron chi connectivity index (χ0n) is 11.0. The highest BCUT2D eigenvalue weighted by atomic mass is 35.5. The van der Waals surface area contributed by atoms with Gasteiger partial charge in [0.2, 0.25) is 0 Å². The van der Waals surface area contributed by atoms with Crippen LogP contribution in [0.5, 0.6) is 0 Å². The first-order chi connectivity index (χ1) is 8.45. The molecule has 3 heteroatoms. The summed E-state index contributed by atoms with van der Waals surface area (Å²) in [6.45, 7) is 4.37. The molecule has 2 atom stereocenters. The van der Waals surface area contributed by atoms with Crippen LogP contribution in [0.25, 0.3) is 0 Å². The van der Waals surface area contributed by atoms with Gasteiger partial charge >= 0.3 is 0 Å². The van der Waals surface area contributed by atoms with Crippen molar-refractivity contribution in [3.63, 3.8) is 0 Å². The summed E-state index contributed by atoms with van der Waals surface area (Å²) in [5.41, 5.74) is 0.570. The summed E-state index contributed by atoms with van der Waals surface area (Å²) < 4.78 is 5.77. The average Bonchev–Trinajstić information content (AvgIpc) is 2.32. The van der Waals surface area contributed by atoms with Gasteiger partial charge in [0, 0.05) is 5.02 Å². The summed E-state index contributed by atoms with van der Waals surface area (Å²) in [6, 6.07) is 8.01. The number of hydrogen-bond acceptors (Lipinski definition) is 2. The second-order valence-electron chi connectivity index (χ2n) is 5.75. The third-order valence-electron chi connectivity index (χ3n) is 3.60. The minimum atomic E-state index is -0.731. The van der Waals surface area contributed by atoms with Crippen molar-refractivity contribution in [1.82, 2.24) is 0 Å². The molecule has 0 saturated carbocycles. The normalized spacial score (nSPS) is 25.1. The highest BCUT2D eigenvalue weighted by Crippen LogP contribution is 2.28. The van der Waals surface area contributed by atoms with Gasteiger partial charge in [-0.2, -0.15) is 0 Å². The maximum atomic E-state index is 9.91. The van der Waals surface area contributed by atoms with Gasteiger partial charge in [-0.25, -0.2) is 0 Å². The van der Waals surface area contributed by atoms with Gasteiger partial charge < -0.3 is 9.84 Å². The molecule has 1 N–H and O–H groups in total. The summed E-state index contributed by atoms with van der Waals surface area (Å²) in [5, 5.41) is 10.7. The molecule has 1 aliphatic rings. The molecule has 100 valence electrons. The SMILES string of the molecule is CC(C)(O)[C@H]1CC[C@@H](Cc2ccc(Cl)cc2)CO1. The first kappa shape index (κ1) is 13.9. The smallest absolute Gasteiger partial charge is 0.0856 e. The molecule has 0 aromatic heterocycles. The maximum absolute atomic E-state index is 9.91. The lowest BCUT2D eigenvalue weighted by molar-refractivity contribution is -0.121. The number of benzene rings is 1. The van der Waals surface area contributed by atoms with Gasteiger partial charge in [-0.05, 0) is 56.7 Å². The first-order valence-corrected chi connectivity index (χ1v) is 6.91. The second-order valence-corrected chi connectivity index (χ2v) is 6.19. The molecule has 1 heterocycles. The van der Waals surface area contributed by atoms with Crippen LogP contribution < -0.4 is 0 Å². The topological polar surface area (TPSA) is 29.5 Å².